The number of carbonyl (C=O) groups is 1. The summed E-state index contributed by atoms with van der Waals surface area (Å²) in [7, 11) is 3.83. The van der Waals surface area contributed by atoms with Gasteiger partial charge in [-0.1, -0.05) is 12.1 Å². The molecule has 4 nitrogen and oxygen atoms in total. The zero-order valence-corrected chi connectivity index (χ0v) is 13.0. The third-order valence-electron chi connectivity index (χ3n) is 4.99. The molecule has 1 amide bonds. The van der Waals surface area contributed by atoms with E-state index in [1.54, 1.807) is 7.11 Å². The van der Waals surface area contributed by atoms with Gasteiger partial charge >= 0.3 is 0 Å². The molecule has 0 atom stereocenters. The molecular weight excluding hydrogens is 264 g/mol. The Morgan fingerprint density at radius 1 is 1.19 bits per heavy atom. The van der Waals surface area contributed by atoms with Crippen LogP contribution in [0.1, 0.15) is 24.8 Å². The summed E-state index contributed by atoms with van der Waals surface area (Å²) in [5.41, 5.74) is 1.41. The van der Waals surface area contributed by atoms with E-state index < -0.39 is 0 Å². The Kier molecular flexibility index (Phi) is 3.89. The highest BCUT2D eigenvalue weighted by Gasteiger charge is 2.44. The van der Waals surface area contributed by atoms with Gasteiger partial charge in [0.15, 0.2) is 0 Å². The second kappa shape index (κ2) is 5.68. The van der Waals surface area contributed by atoms with Crippen LogP contribution < -0.4 is 4.74 Å². The molecule has 114 valence electrons. The number of rotatable bonds is 3. The Bertz CT molecular complexity index is 504. The van der Waals surface area contributed by atoms with E-state index >= 15 is 0 Å². The molecule has 2 aliphatic rings. The van der Waals surface area contributed by atoms with E-state index in [-0.39, 0.29) is 5.41 Å². The number of ether oxygens (including phenoxy) is 1. The van der Waals surface area contributed by atoms with Crippen molar-refractivity contribution < 1.29 is 9.53 Å². The molecule has 3 rings (SSSR count). The number of methoxy groups -OCH3 is 1. The predicted octanol–water partition coefficient (Wildman–Crippen LogP) is 2.14. The summed E-state index contributed by atoms with van der Waals surface area (Å²) in [6.45, 7) is 3.87. The lowest BCUT2D eigenvalue weighted by atomic mass is 9.78. The molecule has 2 fully saturated rings. The van der Waals surface area contributed by atoms with Gasteiger partial charge in [0.2, 0.25) is 5.91 Å². The van der Waals surface area contributed by atoms with Crippen molar-refractivity contribution in [2.45, 2.75) is 25.8 Å². The minimum atomic E-state index is 0.232. The highest BCUT2D eigenvalue weighted by Crippen LogP contribution is 2.41. The first-order valence-electron chi connectivity index (χ1n) is 7.69. The molecule has 0 aliphatic carbocycles. The zero-order valence-electron chi connectivity index (χ0n) is 13.0. The first-order chi connectivity index (χ1) is 10.1. The van der Waals surface area contributed by atoms with Gasteiger partial charge < -0.3 is 14.5 Å². The van der Waals surface area contributed by atoms with Crippen LogP contribution in [0.2, 0.25) is 0 Å². The molecule has 2 saturated heterocycles. The smallest absolute Gasteiger partial charge is 0.223 e. The second-order valence-corrected chi connectivity index (χ2v) is 6.58. The van der Waals surface area contributed by atoms with Gasteiger partial charge in [0, 0.05) is 19.5 Å². The maximum absolute atomic E-state index is 12.3. The molecule has 2 heterocycles. The Hall–Kier alpha value is -1.55. The highest BCUT2D eigenvalue weighted by atomic mass is 16.5. The minimum Gasteiger partial charge on any atom is -0.497 e. The Morgan fingerprint density at radius 2 is 1.86 bits per heavy atom. The monoisotopic (exact) mass is 288 g/mol. The van der Waals surface area contributed by atoms with E-state index in [4.69, 9.17) is 4.74 Å². The Morgan fingerprint density at radius 3 is 2.48 bits per heavy atom. The average molecular weight is 288 g/mol. The van der Waals surface area contributed by atoms with Crippen molar-refractivity contribution in [3.8, 4) is 5.75 Å². The van der Waals surface area contributed by atoms with Crippen LogP contribution in [-0.2, 0) is 11.3 Å². The van der Waals surface area contributed by atoms with E-state index in [1.807, 2.05) is 29.2 Å². The molecule has 21 heavy (non-hydrogen) atoms. The lowest BCUT2D eigenvalue weighted by molar-refractivity contribution is -0.128. The van der Waals surface area contributed by atoms with Gasteiger partial charge in [0.25, 0.3) is 0 Å². The summed E-state index contributed by atoms with van der Waals surface area (Å²) < 4.78 is 5.18. The number of piperidine rings is 1. The van der Waals surface area contributed by atoms with Crippen molar-refractivity contribution in [2.24, 2.45) is 5.41 Å². The predicted molar refractivity (Wildman–Crippen MR) is 82.2 cm³/mol. The van der Waals surface area contributed by atoms with Crippen LogP contribution in [0.4, 0.5) is 0 Å². The van der Waals surface area contributed by atoms with E-state index in [1.165, 1.54) is 5.56 Å². The fourth-order valence-electron chi connectivity index (χ4n) is 3.50. The van der Waals surface area contributed by atoms with Crippen molar-refractivity contribution in [1.82, 2.24) is 9.80 Å². The minimum absolute atomic E-state index is 0.232. The lowest BCUT2D eigenvalue weighted by Crippen LogP contribution is -2.39. The van der Waals surface area contributed by atoms with Crippen LogP contribution in [0.25, 0.3) is 0 Å². The van der Waals surface area contributed by atoms with Gasteiger partial charge in [0.05, 0.1) is 7.11 Å². The maximum Gasteiger partial charge on any atom is 0.223 e. The number of benzene rings is 1. The van der Waals surface area contributed by atoms with Crippen molar-refractivity contribution in [3.05, 3.63) is 29.8 Å². The van der Waals surface area contributed by atoms with E-state index in [0.29, 0.717) is 5.91 Å². The third-order valence-corrected chi connectivity index (χ3v) is 4.99. The van der Waals surface area contributed by atoms with Crippen LogP contribution in [0.15, 0.2) is 24.3 Å². The number of amides is 1. The zero-order chi connectivity index (χ0) is 14.9. The largest absolute Gasteiger partial charge is 0.497 e. The van der Waals surface area contributed by atoms with Gasteiger partial charge in [-0.05, 0) is 56.1 Å². The molecule has 1 aromatic carbocycles. The van der Waals surface area contributed by atoms with Crippen LogP contribution in [-0.4, -0.2) is 49.5 Å². The van der Waals surface area contributed by atoms with E-state index in [0.717, 1.165) is 51.2 Å². The van der Waals surface area contributed by atoms with Gasteiger partial charge in [-0.15, -0.1) is 0 Å². The van der Waals surface area contributed by atoms with Gasteiger partial charge in [-0.2, -0.15) is 0 Å². The number of hydrogen-bond donors (Lipinski definition) is 0. The Labute approximate surface area is 126 Å². The molecular formula is C17H24N2O2. The van der Waals surface area contributed by atoms with E-state index in [2.05, 4.69) is 11.9 Å². The molecule has 0 aromatic heterocycles. The van der Waals surface area contributed by atoms with Crippen molar-refractivity contribution in [3.63, 3.8) is 0 Å². The van der Waals surface area contributed by atoms with Crippen molar-refractivity contribution in [2.75, 3.05) is 33.8 Å². The summed E-state index contributed by atoms with van der Waals surface area (Å²) in [6.07, 6.45) is 3.03. The summed E-state index contributed by atoms with van der Waals surface area (Å²) in [4.78, 5) is 16.7. The number of hydrogen-bond acceptors (Lipinski definition) is 3. The molecule has 0 bridgehead atoms. The molecule has 2 aliphatic heterocycles. The van der Waals surface area contributed by atoms with Crippen LogP contribution in [0.3, 0.4) is 0 Å². The van der Waals surface area contributed by atoms with E-state index in [9.17, 15) is 4.79 Å². The summed E-state index contributed by atoms with van der Waals surface area (Å²) >= 11 is 0. The molecule has 0 N–H and O–H groups in total. The third kappa shape index (κ3) is 3.05. The molecule has 0 unspecified atom stereocenters. The summed E-state index contributed by atoms with van der Waals surface area (Å²) in [6, 6.07) is 8.01. The van der Waals surface area contributed by atoms with Gasteiger partial charge in [0.1, 0.15) is 5.75 Å². The van der Waals surface area contributed by atoms with Gasteiger partial charge in [-0.3, -0.25) is 4.79 Å². The van der Waals surface area contributed by atoms with Crippen molar-refractivity contribution >= 4 is 5.91 Å². The number of likely N-dealkylation sites (tertiary alicyclic amines) is 2. The maximum atomic E-state index is 12.3. The molecule has 1 aromatic rings. The van der Waals surface area contributed by atoms with Gasteiger partial charge in [-0.25, -0.2) is 0 Å². The first-order valence-corrected chi connectivity index (χ1v) is 7.69. The molecule has 0 saturated carbocycles. The topological polar surface area (TPSA) is 32.8 Å². The fraction of sp³-hybridized carbons (Fsp3) is 0.588. The SMILES string of the molecule is COc1ccc(CN2CC3(CCN(C)CC3)CC2=O)cc1. The quantitative estimate of drug-likeness (QED) is 0.854. The highest BCUT2D eigenvalue weighted by molar-refractivity contribution is 5.79. The summed E-state index contributed by atoms with van der Waals surface area (Å²) in [5.74, 6) is 1.17. The lowest BCUT2D eigenvalue weighted by Gasteiger charge is -2.37. The van der Waals surface area contributed by atoms with Crippen LogP contribution >= 0.6 is 0 Å². The molecule has 1 spiro atoms. The van der Waals surface area contributed by atoms with Crippen LogP contribution in [0, 0.1) is 5.41 Å². The van der Waals surface area contributed by atoms with Crippen LogP contribution in [0.5, 0.6) is 5.75 Å². The Balaban J connectivity index is 1.65. The normalized spacial score (nSPS) is 22.0. The van der Waals surface area contributed by atoms with Crippen molar-refractivity contribution in [1.29, 1.82) is 0 Å². The average Bonchev–Trinajstić information content (AvgIpc) is 2.79. The standard InChI is InChI=1S/C17H24N2O2/c1-18-9-7-17(8-10-18)11-16(20)19(13-17)12-14-3-5-15(21-2)6-4-14/h3-6H,7-13H2,1-2H3. The summed E-state index contributed by atoms with van der Waals surface area (Å²) in [5, 5.41) is 0. The fourth-order valence-corrected chi connectivity index (χ4v) is 3.50. The molecule has 4 heteroatoms. The number of carbonyl (C=O) groups excluding carboxylic acids is 1. The first kappa shape index (κ1) is 14.4. The number of nitrogens with zero attached hydrogens (tertiary/aromatic N) is 2. The second-order valence-electron chi connectivity index (χ2n) is 6.58. The molecule has 0 radical (unpaired) electrons.